The second kappa shape index (κ2) is 5.31. The van der Waals surface area contributed by atoms with E-state index in [1.807, 2.05) is 4.90 Å². The first-order valence-corrected chi connectivity index (χ1v) is 6.82. The third-order valence-corrected chi connectivity index (χ3v) is 4.28. The molecule has 2 N–H and O–H groups in total. The van der Waals surface area contributed by atoms with Gasteiger partial charge in [0, 0.05) is 19.1 Å². The van der Waals surface area contributed by atoms with Crippen molar-refractivity contribution in [3.05, 3.63) is 0 Å². The van der Waals surface area contributed by atoms with E-state index in [1.54, 1.807) is 6.92 Å². The fourth-order valence-electron chi connectivity index (χ4n) is 2.74. The first kappa shape index (κ1) is 12.8. The van der Waals surface area contributed by atoms with Crippen LogP contribution in [0.5, 0.6) is 0 Å². The van der Waals surface area contributed by atoms with E-state index in [4.69, 9.17) is 18.0 Å². The monoisotopic (exact) mass is 255 g/mol. The number of thiocarbonyl (C=S) groups is 1. The average Bonchev–Trinajstić information content (AvgIpc) is 2.96. The molecule has 2 atom stereocenters. The lowest BCUT2D eigenvalue weighted by Crippen LogP contribution is -2.41. The van der Waals surface area contributed by atoms with Crippen molar-refractivity contribution in [1.29, 1.82) is 0 Å². The third kappa shape index (κ3) is 2.77. The molecule has 0 aliphatic carbocycles. The number of likely N-dealkylation sites (tertiary alicyclic amines) is 2. The molecule has 0 aromatic carbocycles. The molecule has 4 nitrogen and oxygen atoms in total. The Labute approximate surface area is 108 Å². The third-order valence-electron chi connectivity index (χ3n) is 3.93. The van der Waals surface area contributed by atoms with Gasteiger partial charge in [0.05, 0.1) is 10.9 Å². The molecule has 5 heteroatoms. The van der Waals surface area contributed by atoms with Crippen LogP contribution in [-0.4, -0.2) is 52.9 Å². The predicted octanol–water partition coefficient (Wildman–Crippen LogP) is 0.605. The zero-order chi connectivity index (χ0) is 12.4. The van der Waals surface area contributed by atoms with Crippen LogP contribution in [0.3, 0.4) is 0 Å². The number of hydrogen-bond acceptors (Lipinski definition) is 3. The van der Waals surface area contributed by atoms with Gasteiger partial charge >= 0.3 is 0 Å². The van der Waals surface area contributed by atoms with E-state index in [9.17, 15) is 4.79 Å². The minimum Gasteiger partial charge on any atom is -0.393 e. The van der Waals surface area contributed by atoms with Gasteiger partial charge in [-0.25, -0.2) is 0 Å². The molecule has 96 valence electrons. The van der Waals surface area contributed by atoms with Gasteiger partial charge in [0.25, 0.3) is 0 Å². The molecule has 2 fully saturated rings. The molecular formula is C12H21N3OS. The topological polar surface area (TPSA) is 49.6 Å². The van der Waals surface area contributed by atoms with Crippen molar-refractivity contribution in [2.75, 3.05) is 26.2 Å². The first-order chi connectivity index (χ1) is 8.09. The van der Waals surface area contributed by atoms with E-state index in [1.165, 1.54) is 25.9 Å². The van der Waals surface area contributed by atoms with Crippen molar-refractivity contribution in [2.45, 2.75) is 32.2 Å². The van der Waals surface area contributed by atoms with Gasteiger partial charge in [0.1, 0.15) is 0 Å². The Morgan fingerprint density at radius 2 is 2.00 bits per heavy atom. The van der Waals surface area contributed by atoms with E-state index in [-0.39, 0.29) is 11.8 Å². The highest BCUT2D eigenvalue weighted by Gasteiger charge is 2.33. The van der Waals surface area contributed by atoms with Crippen LogP contribution in [0.15, 0.2) is 0 Å². The highest BCUT2D eigenvalue weighted by molar-refractivity contribution is 7.80. The molecule has 0 bridgehead atoms. The number of carbonyl (C=O) groups is 1. The van der Waals surface area contributed by atoms with Crippen molar-refractivity contribution in [3.8, 4) is 0 Å². The predicted molar refractivity (Wildman–Crippen MR) is 71.7 cm³/mol. The Balaban J connectivity index is 1.88. The van der Waals surface area contributed by atoms with Crippen LogP contribution in [0.2, 0.25) is 0 Å². The summed E-state index contributed by atoms with van der Waals surface area (Å²) < 4.78 is 0. The van der Waals surface area contributed by atoms with Crippen molar-refractivity contribution in [2.24, 2.45) is 11.7 Å². The average molecular weight is 255 g/mol. The second-order valence-electron chi connectivity index (χ2n) is 5.09. The molecule has 2 aliphatic heterocycles. The number of hydrogen-bond donors (Lipinski definition) is 1. The summed E-state index contributed by atoms with van der Waals surface area (Å²) in [6, 6.07) is 0.556. The molecule has 0 saturated carbocycles. The maximum absolute atomic E-state index is 12.1. The van der Waals surface area contributed by atoms with Gasteiger partial charge in [0.15, 0.2) is 0 Å². The van der Waals surface area contributed by atoms with Gasteiger partial charge in [-0.2, -0.15) is 0 Å². The summed E-state index contributed by atoms with van der Waals surface area (Å²) in [7, 11) is 0. The first-order valence-electron chi connectivity index (χ1n) is 6.41. The molecule has 0 spiro atoms. The normalized spacial score (nSPS) is 27.4. The van der Waals surface area contributed by atoms with Crippen LogP contribution in [0.4, 0.5) is 0 Å². The Morgan fingerprint density at radius 1 is 1.35 bits per heavy atom. The standard InChI is InChI=1S/C12H21N3OS/c1-9(11(13)17)12(16)15-7-4-10(8-15)14-5-2-3-6-14/h9-10H,2-8H2,1H3,(H2,13,17). The lowest BCUT2D eigenvalue weighted by Gasteiger charge is -2.24. The van der Waals surface area contributed by atoms with Crippen LogP contribution < -0.4 is 5.73 Å². The largest absolute Gasteiger partial charge is 0.393 e. The van der Waals surface area contributed by atoms with Gasteiger partial charge in [-0.1, -0.05) is 12.2 Å². The van der Waals surface area contributed by atoms with Gasteiger partial charge < -0.3 is 10.6 Å². The van der Waals surface area contributed by atoms with E-state index in [2.05, 4.69) is 4.90 Å². The highest BCUT2D eigenvalue weighted by Crippen LogP contribution is 2.21. The smallest absolute Gasteiger partial charge is 0.232 e. The summed E-state index contributed by atoms with van der Waals surface area (Å²) in [4.78, 5) is 16.8. The maximum Gasteiger partial charge on any atom is 0.232 e. The number of carbonyl (C=O) groups excluding carboxylic acids is 1. The number of amides is 1. The summed E-state index contributed by atoms with van der Waals surface area (Å²) in [5, 5.41) is 0. The van der Waals surface area contributed by atoms with Gasteiger partial charge in [-0.3, -0.25) is 9.69 Å². The Hall–Kier alpha value is -0.680. The minimum atomic E-state index is -0.317. The zero-order valence-electron chi connectivity index (χ0n) is 10.4. The quantitative estimate of drug-likeness (QED) is 0.751. The second-order valence-corrected chi connectivity index (χ2v) is 5.57. The molecule has 2 heterocycles. The van der Waals surface area contributed by atoms with E-state index in [0.717, 1.165) is 19.5 Å². The number of nitrogens with zero attached hydrogens (tertiary/aromatic N) is 2. The van der Waals surface area contributed by atoms with Gasteiger partial charge in [-0.15, -0.1) is 0 Å². The van der Waals surface area contributed by atoms with Crippen LogP contribution in [0.1, 0.15) is 26.2 Å². The summed E-state index contributed by atoms with van der Waals surface area (Å²) in [5.74, 6) is -0.221. The van der Waals surface area contributed by atoms with E-state index < -0.39 is 0 Å². The molecular weight excluding hydrogens is 234 g/mol. The molecule has 0 aromatic rings. The molecule has 2 rings (SSSR count). The minimum absolute atomic E-state index is 0.0965. The Bertz CT molecular complexity index is 315. The molecule has 2 unspecified atom stereocenters. The molecule has 0 radical (unpaired) electrons. The molecule has 1 amide bonds. The highest BCUT2D eigenvalue weighted by atomic mass is 32.1. The van der Waals surface area contributed by atoms with Gasteiger partial charge in [0.2, 0.25) is 5.91 Å². The van der Waals surface area contributed by atoms with Crippen LogP contribution in [0, 0.1) is 5.92 Å². The number of rotatable bonds is 3. The molecule has 2 aliphatic rings. The van der Waals surface area contributed by atoms with Crippen molar-refractivity contribution >= 4 is 23.1 Å². The molecule has 17 heavy (non-hydrogen) atoms. The van der Waals surface area contributed by atoms with Crippen LogP contribution >= 0.6 is 12.2 Å². The lowest BCUT2D eigenvalue weighted by atomic mass is 10.1. The SMILES string of the molecule is CC(C(=O)N1CCC(N2CCCC2)C1)C(N)=S. The summed E-state index contributed by atoms with van der Waals surface area (Å²) in [5.41, 5.74) is 5.53. The number of nitrogens with two attached hydrogens (primary N) is 1. The lowest BCUT2D eigenvalue weighted by molar-refractivity contribution is -0.132. The summed E-state index contributed by atoms with van der Waals surface area (Å²) >= 11 is 4.89. The summed E-state index contributed by atoms with van der Waals surface area (Å²) in [6.07, 6.45) is 3.69. The maximum atomic E-state index is 12.1. The van der Waals surface area contributed by atoms with Crippen molar-refractivity contribution < 1.29 is 4.79 Å². The fraction of sp³-hybridized carbons (Fsp3) is 0.833. The van der Waals surface area contributed by atoms with E-state index in [0.29, 0.717) is 11.0 Å². The fourth-order valence-corrected chi connectivity index (χ4v) is 2.84. The van der Waals surface area contributed by atoms with Crippen LogP contribution in [0.25, 0.3) is 0 Å². The summed E-state index contributed by atoms with van der Waals surface area (Å²) in [6.45, 7) is 5.89. The van der Waals surface area contributed by atoms with E-state index >= 15 is 0 Å². The van der Waals surface area contributed by atoms with Crippen molar-refractivity contribution in [3.63, 3.8) is 0 Å². The molecule has 0 aromatic heterocycles. The Morgan fingerprint density at radius 3 is 2.59 bits per heavy atom. The van der Waals surface area contributed by atoms with Crippen molar-refractivity contribution in [1.82, 2.24) is 9.80 Å². The zero-order valence-corrected chi connectivity index (χ0v) is 11.2. The Kier molecular flexibility index (Phi) is 3.99. The van der Waals surface area contributed by atoms with Crippen LogP contribution in [-0.2, 0) is 4.79 Å². The molecule has 2 saturated heterocycles. The van der Waals surface area contributed by atoms with Gasteiger partial charge in [-0.05, 0) is 39.3 Å².